The monoisotopic (exact) mass is 367 g/mol. The average molecular weight is 367 g/mol. The predicted molar refractivity (Wildman–Crippen MR) is 104 cm³/mol. The van der Waals surface area contributed by atoms with Gasteiger partial charge in [-0.2, -0.15) is 0 Å². The summed E-state index contributed by atoms with van der Waals surface area (Å²) in [4.78, 5) is 15.7. The molecule has 142 valence electrons. The first-order chi connectivity index (χ1) is 13.1. The standard InChI is InChI=1S/C20H25N5O2/c1-13-10-14(2)24-20-18(13)19(22-12-23-20)21-11-16(17-5-4-15(3)27-17)25-6-8-26-9-7-25/h4-5,10,12,16H,6-9,11H2,1-3H3,(H,21,22,23,24)/t16-/m1/s1. The summed E-state index contributed by atoms with van der Waals surface area (Å²) in [6, 6.07) is 6.25. The Morgan fingerprint density at radius 3 is 2.70 bits per heavy atom. The van der Waals surface area contributed by atoms with Crippen LogP contribution in [-0.2, 0) is 4.74 Å². The number of nitrogens with zero attached hydrogens (tertiary/aromatic N) is 4. The summed E-state index contributed by atoms with van der Waals surface area (Å²) in [6.45, 7) is 9.97. The van der Waals surface area contributed by atoms with Crippen LogP contribution in [0.4, 0.5) is 5.82 Å². The zero-order valence-electron chi connectivity index (χ0n) is 16.0. The largest absolute Gasteiger partial charge is 0.465 e. The van der Waals surface area contributed by atoms with Crippen molar-refractivity contribution >= 4 is 16.9 Å². The molecule has 0 amide bonds. The normalized spacial score (nSPS) is 16.6. The lowest BCUT2D eigenvalue weighted by atomic mass is 10.1. The van der Waals surface area contributed by atoms with Crippen molar-refractivity contribution in [2.75, 3.05) is 38.2 Å². The van der Waals surface area contributed by atoms with Gasteiger partial charge in [-0.25, -0.2) is 15.0 Å². The fourth-order valence-corrected chi connectivity index (χ4v) is 3.67. The van der Waals surface area contributed by atoms with Crippen LogP contribution in [0.2, 0.25) is 0 Å². The molecule has 3 aromatic heterocycles. The number of ether oxygens (including phenoxy) is 1. The average Bonchev–Trinajstić information content (AvgIpc) is 3.08. The Labute approximate surface area is 158 Å². The third-order valence-electron chi connectivity index (χ3n) is 4.97. The van der Waals surface area contributed by atoms with E-state index in [1.54, 1.807) is 6.33 Å². The maximum atomic E-state index is 5.95. The molecule has 0 bridgehead atoms. The summed E-state index contributed by atoms with van der Waals surface area (Å²) in [5.41, 5.74) is 2.81. The van der Waals surface area contributed by atoms with Crippen LogP contribution < -0.4 is 5.32 Å². The number of nitrogens with one attached hydrogen (secondary N) is 1. The van der Waals surface area contributed by atoms with E-state index in [0.717, 1.165) is 65.9 Å². The van der Waals surface area contributed by atoms with E-state index < -0.39 is 0 Å². The summed E-state index contributed by atoms with van der Waals surface area (Å²) in [5, 5.41) is 4.49. The van der Waals surface area contributed by atoms with E-state index in [4.69, 9.17) is 9.15 Å². The molecule has 1 aliphatic rings. The summed E-state index contributed by atoms with van der Waals surface area (Å²) in [5.74, 6) is 2.70. The molecule has 1 atom stereocenters. The molecule has 7 heteroatoms. The van der Waals surface area contributed by atoms with Crippen LogP contribution in [0, 0.1) is 20.8 Å². The van der Waals surface area contributed by atoms with Crippen LogP contribution in [0.25, 0.3) is 11.0 Å². The van der Waals surface area contributed by atoms with Gasteiger partial charge < -0.3 is 14.5 Å². The minimum absolute atomic E-state index is 0.117. The second kappa shape index (κ2) is 7.62. The molecule has 0 aromatic carbocycles. The first-order valence-electron chi connectivity index (χ1n) is 9.33. The summed E-state index contributed by atoms with van der Waals surface area (Å²) < 4.78 is 11.5. The Hall–Kier alpha value is -2.51. The molecule has 0 unspecified atom stereocenters. The molecule has 0 saturated carbocycles. The van der Waals surface area contributed by atoms with Crippen molar-refractivity contribution in [2.24, 2.45) is 0 Å². The zero-order chi connectivity index (χ0) is 18.8. The van der Waals surface area contributed by atoms with E-state index in [1.807, 2.05) is 19.9 Å². The van der Waals surface area contributed by atoms with Crippen LogP contribution in [0.1, 0.15) is 28.8 Å². The number of anilines is 1. The molecule has 0 aliphatic carbocycles. The smallest absolute Gasteiger partial charge is 0.165 e. The minimum atomic E-state index is 0.117. The lowest BCUT2D eigenvalue weighted by Crippen LogP contribution is -2.41. The van der Waals surface area contributed by atoms with Gasteiger partial charge in [-0.3, -0.25) is 4.90 Å². The van der Waals surface area contributed by atoms with Gasteiger partial charge in [-0.15, -0.1) is 0 Å². The second-order valence-electron chi connectivity index (χ2n) is 6.99. The molecule has 1 aliphatic heterocycles. The minimum Gasteiger partial charge on any atom is -0.465 e. The highest BCUT2D eigenvalue weighted by molar-refractivity contribution is 5.89. The number of furan rings is 1. The van der Waals surface area contributed by atoms with Crippen LogP contribution in [-0.4, -0.2) is 52.7 Å². The number of hydrogen-bond acceptors (Lipinski definition) is 7. The Morgan fingerprint density at radius 2 is 1.96 bits per heavy atom. The second-order valence-corrected chi connectivity index (χ2v) is 6.99. The van der Waals surface area contributed by atoms with Gasteiger partial charge in [0.2, 0.25) is 0 Å². The number of fused-ring (bicyclic) bond motifs is 1. The summed E-state index contributed by atoms with van der Waals surface area (Å²) >= 11 is 0. The maximum absolute atomic E-state index is 5.95. The van der Waals surface area contributed by atoms with Gasteiger partial charge in [0.25, 0.3) is 0 Å². The molecule has 4 heterocycles. The molecule has 1 N–H and O–H groups in total. The van der Waals surface area contributed by atoms with Gasteiger partial charge in [-0.1, -0.05) is 0 Å². The van der Waals surface area contributed by atoms with Crippen molar-refractivity contribution in [1.29, 1.82) is 0 Å². The molecule has 1 fully saturated rings. The summed E-state index contributed by atoms with van der Waals surface area (Å²) in [6.07, 6.45) is 1.57. The van der Waals surface area contributed by atoms with E-state index in [-0.39, 0.29) is 6.04 Å². The van der Waals surface area contributed by atoms with Gasteiger partial charge in [0.05, 0.1) is 24.6 Å². The number of aryl methyl sites for hydroxylation is 3. The molecular formula is C20H25N5O2. The predicted octanol–water partition coefficient (Wildman–Crippen LogP) is 3.03. The molecule has 0 spiro atoms. The molecule has 3 aromatic rings. The van der Waals surface area contributed by atoms with Gasteiger partial charge in [0, 0.05) is 25.3 Å². The Morgan fingerprint density at radius 1 is 1.15 bits per heavy atom. The van der Waals surface area contributed by atoms with E-state index in [9.17, 15) is 0 Å². The van der Waals surface area contributed by atoms with E-state index >= 15 is 0 Å². The highest BCUT2D eigenvalue weighted by Gasteiger charge is 2.25. The number of pyridine rings is 1. The molecule has 1 saturated heterocycles. The van der Waals surface area contributed by atoms with Crippen molar-refractivity contribution in [3.63, 3.8) is 0 Å². The van der Waals surface area contributed by atoms with Gasteiger partial charge in [0.15, 0.2) is 5.65 Å². The fourth-order valence-electron chi connectivity index (χ4n) is 3.67. The first kappa shape index (κ1) is 17.9. The molecule has 0 radical (unpaired) electrons. The molecule has 4 rings (SSSR count). The van der Waals surface area contributed by atoms with E-state index in [2.05, 4.69) is 44.2 Å². The van der Waals surface area contributed by atoms with Crippen molar-refractivity contribution < 1.29 is 9.15 Å². The topological polar surface area (TPSA) is 76.3 Å². The lowest BCUT2D eigenvalue weighted by Gasteiger charge is -2.33. The van der Waals surface area contributed by atoms with Gasteiger partial charge in [0.1, 0.15) is 23.7 Å². The lowest BCUT2D eigenvalue weighted by molar-refractivity contribution is 0.0143. The quantitative estimate of drug-likeness (QED) is 0.743. The number of rotatable bonds is 5. The highest BCUT2D eigenvalue weighted by Crippen LogP contribution is 2.27. The SMILES string of the molecule is Cc1cc(C)c2c(NC[C@H](c3ccc(C)o3)N3CCOCC3)ncnc2n1. The van der Waals surface area contributed by atoms with Crippen LogP contribution in [0.5, 0.6) is 0 Å². The number of aromatic nitrogens is 3. The first-order valence-corrected chi connectivity index (χ1v) is 9.33. The number of morpholine rings is 1. The molecule has 7 nitrogen and oxygen atoms in total. The maximum Gasteiger partial charge on any atom is 0.165 e. The number of hydrogen-bond donors (Lipinski definition) is 1. The fraction of sp³-hybridized carbons (Fsp3) is 0.450. The van der Waals surface area contributed by atoms with Crippen molar-refractivity contribution in [3.05, 3.63) is 47.3 Å². The van der Waals surface area contributed by atoms with Crippen molar-refractivity contribution in [3.8, 4) is 0 Å². The highest BCUT2D eigenvalue weighted by atomic mass is 16.5. The Kier molecular flexibility index (Phi) is 5.05. The Bertz CT molecular complexity index is 933. The van der Waals surface area contributed by atoms with Crippen molar-refractivity contribution in [2.45, 2.75) is 26.8 Å². The zero-order valence-corrected chi connectivity index (χ0v) is 16.0. The van der Waals surface area contributed by atoms with Crippen molar-refractivity contribution in [1.82, 2.24) is 19.9 Å². The van der Waals surface area contributed by atoms with Crippen LogP contribution in [0.15, 0.2) is 28.9 Å². The van der Waals surface area contributed by atoms with E-state index in [0.29, 0.717) is 6.54 Å². The van der Waals surface area contributed by atoms with E-state index in [1.165, 1.54) is 0 Å². The van der Waals surface area contributed by atoms with Crippen LogP contribution >= 0.6 is 0 Å². The van der Waals surface area contributed by atoms with Gasteiger partial charge in [-0.05, 0) is 44.5 Å². The molecule has 27 heavy (non-hydrogen) atoms. The third kappa shape index (κ3) is 3.79. The third-order valence-corrected chi connectivity index (χ3v) is 4.97. The van der Waals surface area contributed by atoms with Crippen LogP contribution in [0.3, 0.4) is 0 Å². The molecular weight excluding hydrogens is 342 g/mol. The van der Waals surface area contributed by atoms with Gasteiger partial charge >= 0.3 is 0 Å². The Balaban J connectivity index is 1.62. The summed E-state index contributed by atoms with van der Waals surface area (Å²) in [7, 11) is 0.